The largest absolute Gasteiger partial charge is 0.339 e. The van der Waals surface area contributed by atoms with Gasteiger partial charge in [0.25, 0.3) is 0 Å². The summed E-state index contributed by atoms with van der Waals surface area (Å²) in [7, 11) is 0. The van der Waals surface area contributed by atoms with Crippen LogP contribution in [0.15, 0.2) is 84.4 Å². The Morgan fingerprint density at radius 3 is 2.70 bits per heavy atom. The molecular weight excluding hydrogens is 438 g/mol. The number of halogens is 1. The molecule has 0 fully saturated rings. The number of aromatic nitrogens is 3. The molecule has 33 heavy (non-hydrogen) atoms. The predicted octanol–water partition coefficient (Wildman–Crippen LogP) is 5.40. The van der Waals surface area contributed by atoms with E-state index in [1.54, 1.807) is 55.0 Å². The van der Waals surface area contributed by atoms with Gasteiger partial charge in [0, 0.05) is 40.6 Å². The number of rotatable bonds is 6. The molecule has 0 aliphatic rings. The molecule has 0 radical (unpaired) electrons. The van der Waals surface area contributed by atoms with Gasteiger partial charge >= 0.3 is 6.03 Å². The average molecular weight is 458 g/mol. The van der Waals surface area contributed by atoms with Crippen LogP contribution in [0.2, 0.25) is 5.02 Å². The van der Waals surface area contributed by atoms with Gasteiger partial charge in [-0.25, -0.2) is 20.2 Å². The molecule has 0 bridgehead atoms. The lowest BCUT2D eigenvalue weighted by Gasteiger charge is -2.12. The Bertz CT molecular complexity index is 1280. The van der Waals surface area contributed by atoms with Gasteiger partial charge < -0.3 is 10.6 Å². The Hall–Kier alpha value is -4.30. The van der Waals surface area contributed by atoms with E-state index in [1.807, 2.05) is 31.2 Å². The molecule has 2 amide bonds. The van der Waals surface area contributed by atoms with Gasteiger partial charge in [0.05, 0.1) is 11.9 Å². The smallest absolute Gasteiger partial charge is 0.324 e. The van der Waals surface area contributed by atoms with Crippen molar-refractivity contribution in [2.75, 3.05) is 10.6 Å². The first-order valence-corrected chi connectivity index (χ1v) is 10.4. The summed E-state index contributed by atoms with van der Waals surface area (Å²) < 4.78 is 0. The second-order valence-corrected chi connectivity index (χ2v) is 7.47. The van der Waals surface area contributed by atoms with Crippen molar-refractivity contribution in [2.24, 2.45) is 5.10 Å². The number of anilines is 3. The Morgan fingerprint density at radius 1 is 1.06 bits per heavy atom. The topological polar surface area (TPSA) is 104 Å². The lowest BCUT2D eigenvalue weighted by Crippen LogP contribution is -2.24. The van der Waals surface area contributed by atoms with E-state index in [-0.39, 0.29) is 0 Å². The molecule has 4 aromatic rings. The van der Waals surface area contributed by atoms with E-state index in [0.29, 0.717) is 16.7 Å². The minimum absolute atomic E-state index is 0.439. The van der Waals surface area contributed by atoms with E-state index in [9.17, 15) is 4.79 Å². The standard InChI is InChI=1S/C24H20ClN7O/c1-16-4-9-20(29-24(33)32-28-14-17-5-7-19(25)8-6-17)13-22(16)31-23-27-12-10-21(30-23)18-3-2-11-26-15-18/h2-15H,1H3,(H,27,30,31)(H2,29,32,33)/b28-14+. The van der Waals surface area contributed by atoms with Crippen LogP contribution in [-0.2, 0) is 0 Å². The van der Waals surface area contributed by atoms with Crippen LogP contribution in [0.1, 0.15) is 11.1 Å². The highest BCUT2D eigenvalue weighted by Crippen LogP contribution is 2.24. The highest BCUT2D eigenvalue weighted by Gasteiger charge is 2.07. The fraction of sp³-hybridized carbons (Fsp3) is 0.0417. The van der Waals surface area contributed by atoms with Gasteiger partial charge in [0.1, 0.15) is 0 Å². The molecule has 2 heterocycles. The Balaban J connectivity index is 1.41. The molecule has 0 aliphatic carbocycles. The number of carbonyl (C=O) groups is 1. The van der Waals surface area contributed by atoms with Crippen LogP contribution in [0.4, 0.5) is 22.1 Å². The first kappa shape index (κ1) is 21.9. The first-order valence-electron chi connectivity index (χ1n) is 10.0. The molecule has 0 atom stereocenters. The first-order chi connectivity index (χ1) is 16.1. The number of nitrogens with zero attached hydrogens (tertiary/aromatic N) is 4. The number of pyridine rings is 1. The maximum Gasteiger partial charge on any atom is 0.339 e. The fourth-order valence-corrected chi connectivity index (χ4v) is 3.05. The van der Waals surface area contributed by atoms with Crippen LogP contribution in [-0.4, -0.2) is 27.2 Å². The van der Waals surface area contributed by atoms with Crippen LogP contribution in [0.25, 0.3) is 11.3 Å². The van der Waals surface area contributed by atoms with Crippen LogP contribution < -0.4 is 16.1 Å². The molecule has 0 unspecified atom stereocenters. The Kier molecular flexibility index (Phi) is 6.87. The van der Waals surface area contributed by atoms with Gasteiger partial charge in [0.15, 0.2) is 0 Å². The van der Waals surface area contributed by atoms with Gasteiger partial charge in [0.2, 0.25) is 5.95 Å². The van der Waals surface area contributed by atoms with E-state index in [2.05, 4.69) is 36.1 Å². The number of hydrazone groups is 1. The number of benzene rings is 2. The molecular formula is C24H20ClN7O. The molecule has 0 spiro atoms. The van der Waals surface area contributed by atoms with Crippen LogP contribution in [0.5, 0.6) is 0 Å². The lowest BCUT2D eigenvalue weighted by molar-refractivity contribution is 0.252. The van der Waals surface area contributed by atoms with Gasteiger partial charge in [-0.1, -0.05) is 29.8 Å². The highest BCUT2D eigenvalue weighted by atomic mass is 35.5. The van der Waals surface area contributed by atoms with Crippen LogP contribution >= 0.6 is 11.6 Å². The summed E-state index contributed by atoms with van der Waals surface area (Å²) in [5, 5.41) is 10.5. The van der Waals surface area contributed by atoms with Crippen molar-refractivity contribution in [3.05, 3.63) is 95.4 Å². The molecule has 4 rings (SSSR count). The molecule has 8 nitrogen and oxygen atoms in total. The summed E-state index contributed by atoms with van der Waals surface area (Å²) in [6, 6.07) is 17.7. The summed E-state index contributed by atoms with van der Waals surface area (Å²) in [6.07, 6.45) is 6.67. The van der Waals surface area contributed by atoms with Crippen molar-refractivity contribution in [3.8, 4) is 11.3 Å². The van der Waals surface area contributed by atoms with Gasteiger partial charge in [-0.05, 0) is 60.5 Å². The normalized spacial score (nSPS) is 10.7. The third kappa shape index (κ3) is 6.11. The SMILES string of the molecule is Cc1ccc(NC(=O)N/N=C/c2ccc(Cl)cc2)cc1Nc1nccc(-c2cccnc2)n1. The third-order valence-corrected chi connectivity index (χ3v) is 4.86. The van der Waals surface area contributed by atoms with Crippen LogP contribution in [0.3, 0.4) is 0 Å². The van der Waals surface area contributed by atoms with Crippen molar-refractivity contribution in [2.45, 2.75) is 6.92 Å². The third-order valence-electron chi connectivity index (χ3n) is 4.60. The number of amides is 2. The lowest BCUT2D eigenvalue weighted by atomic mass is 10.2. The summed E-state index contributed by atoms with van der Waals surface area (Å²) in [5.41, 5.74) is 7.23. The van der Waals surface area contributed by atoms with Crippen molar-refractivity contribution < 1.29 is 4.79 Å². The zero-order chi connectivity index (χ0) is 23.0. The fourth-order valence-electron chi connectivity index (χ4n) is 2.92. The van der Waals surface area contributed by atoms with Crippen molar-refractivity contribution >= 4 is 41.2 Å². The number of nitrogens with one attached hydrogen (secondary N) is 3. The number of hydrogen-bond donors (Lipinski definition) is 3. The number of carbonyl (C=O) groups excluding carboxylic acids is 1. The molecule has 9 heteroatoms. The van der Waals surface area contributed by atoms with Crippen molar-refractivity contribution in [1.29, 1.82) is 0 Å². The van der Waals surface area contributed by atoms with Gasteiger partial charge in [-0.15, -0.1) is 0 Å². The predicted molar refractivity (Wildman–Crippen MR) is 131 cm³/mol. The number of urea groups is 1. The van der Waals surface area contributed by atoms with Crippen molar-refractivity contribution in [3.63, 3.8) is 0 Å². The quantitative estimate of drug-likeness (QED) is 0.265. The van der Waals surface area contributed by atoms with Gasteiger partial charge in [-0.2, -0.15) is 5.10 Å². The maximum atomic E-state index is 12.2. The molecule has 2 aromatic carbocycles. The van der Waals surface area contributed by atoms with E-state index < -0.39 is 6.03 Å². The second-order valence-electron chi connectivity index (χ2n) is 7.04. The zero-order valence-corrected chi connectivity index (χ0v) is 18.4. The Morgan fingerprint density at radius 2 is 1.91 bits per heavy atom. The Labute approximate surface area is 195 Å². The molecule has 0 aliphatic heterocycles. The minimum Gasteiger partial charge on any atom is -0.324 e. The minimum atomic E-state index is -0.468. The van der Waals surface area contributed by atoms with Crippen LogP contribution in [0, 0.1) is 6.92 Å². The summed E-state index contributed by atoms with van der Waals surface area (Å²) in [6.45, 7) is 1.95. The molecule has 3 N–H and O–H groups in total. The zero-order valence-electron chi connectivity index (χ0n) is 17.7. The molecule has 2 aromatic heterocycles. The summed E-state index contributed by atoms with van der Waals surface area (Å²) >= 11 is 5.86. The average Bonchev–Trinajstić information content (AvgIpc) is 2.83. The molecule has 0 saturated carbocycles. The van der Waals surface area contributed by atoms with Gasteiger partial charge in [-0.3, -0.25) is 4.98 Å². The van der Waals surface area contributed by atoms with E-state index in [4.69, 9.17) is 11.6 Å². The van der Waals surface area contributed by atoms with E-state index in [0.717, 1.165) is 28.1 Å². The van der Waals surface area contributed by atoms with E-state index in [1.165, 1.54) is 6.21 Å². The molecule has 0 saturated heterocycles. The van der Waals surface area contributed by atoms with Crippen molar-refractivity contribution in [1.82, 2.24) is 20.4 Å². The monoisotopic (exact) mass is 457 g/mol. The van der Waals surface area contributed by atoms with E-state index >= 15 is 0 Å². The molecule has 164 valence electrons. The number of aryl methyl sites for hydroxylation is 1. The second kappa shape index (κ2) is 10.3. The number of hydrogen-bond acceptors (Lipinski definition) is 6. The summed E-state index contributed by atoms with van der Waals surface area (Å²) in [5.74, 6) is 0.439. The highest BCUT2D eigenvalue weighted by molar-refractivity contribution is 6.30. The summed E-state index contributed by atoms with van der Waals surface area (Å²) in [4.78, 5) is 25.2. The maximum absolute atomic E-state index is 12.2.